The molecule has 8 heteroatoms. The molecule has 0 aliphatic carbocycles. The zero-order chi connectivity index (χ0) is 16.4. The number of nitrogens with zero attached hydrogens (tertiary/aromatic N) is 1. The summed E-state index contributed by atoms with van der Waals surface area (Å²) >= 11 is 5.85. The van der Waals surface area contributed by atoms with Crippen LogP contribution in [0.25, 0.3) is 0 Å². The Balaban J connectivity index is 0.00000264. The Labute approximate surface area is 148 Å². The predicted molar refractivity (Wildman–Crippen MR) is 94.9 cm³/mol. The molecule has 130 valence electrons. The first-order valence-corrected chi connectivity index (χ1v) is 9.43. The maximum Gasteiger partial charge on any atom is 0.244 e. The van der Waals surface area contributed by atoms with E-state index in [0.29, 0.717) is 37.5 Å². The van der Waals surface area contributed by atoms with Crippen molar-refractivity contribution in [3.8, 4) is 0 Å². The fraction of sp³-hybridized carbons (Fsp3) is 0.533. The lowest BCUT2D eigenvalue weighted by molar-refractivity contribution is -0.134. The van der Waals surface area contributed by atoms with Gasteiger partial charge in [-0.3, -0.25) is 4.79 Å². The van der Waals surface area contributed by atoms with Crippen molar-refractivity contribution in [2.45, 2.75) is 24.1 Å². The minimum atomic E-state index is -3.48. The van der Waals surface area contributed by atoms with Crippen LogP contribution in [-0.2, 0) is 21.2 Å². The summed E-state index contributed by atoms with van der Waals surface area (Å²) in [6.45, 7) is 1.43. The van der Waals surface area contributed by atoms with Crippen molar-refractivity contribution in [2.24, 2.45) is 0 Å². The van der Waals surface area contributed by atoms with Gasteiger partial charge in [-0.2, -0.15) is 0 Å². The van der Waals surface area contributed by atoms with Crippen molar-refractivity contribution in [1.29, 1.82) is 0 Å². The van der Waals surface area contributed by atoms with Crippen LogP contribution in [0, 0.1) is 0 Å². The molecule has 0 spiro atoms. The summed E-state index contributed by atoms with van der Waals surface area (Å²) in [6, 6.07) is 7.18. The number of piperidine rings is 1. The number of nitrogens with one attached hydrogen (secondary N) is 1. The van der Waals surface area contributed by atoms with Gasteiger partial charge in [0.1, 0.15) is 0 Å². The SMILES string of the molecule is CN(Cc1ccc(Cl)cc1)C(=O)C1(S(C)(=O)=O)CCNCC1.Cl. The molecule has 1 saturated heterocycles. The average molecular weight is 381 g/mol. The van der Waals surface area contributed by atoms with Gasteiger partial charge in [0.2, 0.25) is 5.91 Å². The summed E-state index contributed by atoms with van der Waals surface area (Å²) in [4.78, 5) is 14.3. The smallest absolute Gasteiger partial charge is 0.244 e. The summed E-state index contributed by atoms with van der Waals surface area (Å²) in [5.41, 5.74) is 0.915. The minimum absolute atomic E-state index is 0. The monoisotopic (exact) mass is 380 g/mol. The number of rotatable bonds is 4. The molecule has 1 amide bonds. The fourth-order valence-corrected chi connectivity index (χ4v) is 4.40. The van der Waals surface area contributed by atoms with Gasteiger partial charge in [0.15, 0.2) is 14.6 Å². The second-order valence-corrected chi connectivity index (χ2v) is 8.57. The van der Waals surface area contributed by atoms with Gasteiger partial charge in [0, 0.05) is 24.9 Å². The van der Waals surface area contributed by atoms with Gasteiger partial charge in [0.05, 0.1) is 0 Å². The Morgan fingerprint density at radius 2 is 1.78 bits per heavy atom. The van der Waals surface area contributed by atoms with E-state index < -0.39 is 14.6 Å². The second kappa shape index (κ2) is 7.83. The molecule has 2 rings (SSSR count). The first kappa shape index (κ1) is 20.2. The van der Waals surface area contributed by atoms with E-state index in [1.165, 1.54) is 4.90 Å². The summed E-state index contributed by atoms with van der Waals surface area (Å²) in [5, 5.41) is 3.74. The van der Waals surface area contributed by atoms with E-state index in [0.717, 1.165) is 11.8 Å². The van der Waals surface area contributed by atoms with Gasteiger partial charge in [0.25, 0.3) is 0 Å². The molecule has 0 atom stereocenters. The van der Waals surface area contributed by atoms with Crippen LogP contribution in [0.3, 0.4) is 0 Å². The van der Waals surface area contributed by atoms with E-state index in [2.05, 4.69) is 5.32 Å². The number of halogens is 2. The van der Waals surface area contributed by atoms with Crippen molar-refractivity contribution in [3.05, 3.63) is 34.9 Å². The molecule has 1 heterocycles. The van der Waals surface area contributed by atoms with Crippen LogP contribution >= 0.6 is 24.0 Å². The topological polar surface area (TPSA) is 66.5 Å². The van der Waals surface area contributed by atoms with E-state index in [4.69, 9.17) is 11.6 Å². The Morgan fingerprint density at radius 1 is 1.26 bits per heavy atom. The average Bonchev–Trinajstić information content (AvgIpc) is 2.48. The molecule has 1 aromatic carbocycles. The highest BCUT2D eigenvalue weighted by Crippen LogP contribution is 2.30. The van der Waals surface area contributed by atoms with E-state index in [-0.39, 0.29) is 18.3 Å². The van der Waals surface area contributed by atoms with Crippen LogP contribution in [0.15, 0.2) is 24.3 Å². The Morgan fingerprint density at radius 3 is 2.26 bits per heavy atom. The molecular formula is C15H22Cl2N2O3S. The maximum atomic E-state index is 12.8. The number of carbonyl (C=O) groups is 1. The third kappa shape index (κ3) is 4.38. The van der Waals surface area contributed by atoms with Crippen LogP contribution in [0.5, 0.6) is 0 Å². The molecule has 5 nitrogen and oxygen atoms in total. The number of benzene rings is 1. The lowest BCUT2D eigenvalue weighted by Crippen LogP contribution is -2.57. The summed E-state index contributed by atoms with van der Waals surface area (Å²) in [5.74, 6) is -0.327. The van der Waals surface area contributed by atoms with E-state index in [1.807, 2.05) is 12.1 Å². The van der Waals surface area contributed by atoms with Gasteiger partial charge < -0.3 is 10.2 Å². The molecule has 0 saturated carbocycles. The highest BCUT2D eigenvalue weighted by molar-refractivity contribution is 7.92. The fourth-order valence-electron chi connectivity index (χ4n) is 2.86. The van der Waals surface area contributed by atoms with Crippen molar-refractivity contribution in [2.75, 3.05) is 26.4 Å². The molecule has 0 radical (unpaired) electrons. The number of sulfone groups is 1. The summed E-state index contributed by atoms with van der Waals surface area (Å²) < 4.78 is 23.2. The highest BCUT2D eigenvalue weighted by Gasteiger charge is 2.49. The zero-order valence-corrected chi connectivity index (χ0v) is 15.6. The van der Waals surface area contributed by atoms with E-state index in [1.54, 1.807) is 19.2 Å². The quantitative estimate of drug-likeness (QED) is 0.865. The molecule has 0 unspecified atom stereocenters. The molecule has 0 bridgehead atoms. The van der Waals surface area contributed by atoms with Crippen molar-refractivity contribution < 1.29 is 13.2 Å². The van der Waals surface area contributed by atoms with Crippen LogP contribution in [0.2, 0.25) is 5.02 Å². The lowest BCUT2D eigenvalue weighted by atomic mass is 9.95. The van der Waals surface area contributed by atoms with Crippen molar-refractivity contribution in [1.82, 2.24) is 10.2 Å². The normalized spacial score (nSPS) is 17.2. The van der Waals surface area contributed by atoms with Gasteiger partial charge in [-0.25, -0.2) is 8.42 Å². The third-order valence-electron chi connectivity index (χ3n) is 4.19. The molecule has 23 heavy (non-hydrogen) atoms. The Kier molecular flexibility index (Phi) is 6.89. The van der Waals surface area contributed by atoms with Crippen LogP contribution in [0.1, 0.15) is 18.4 Å². The van der Waals surface area contributed by atoms with Gasteiger partial charge in [-0.05, 0) is 43.6 Å². The number of hydrogen-bond donors (Lipinski definition) is 1. The maximum absolute atomic E-state index is 12.8. The van der Waals surface area contributed by atoms with Crippen molar-refractivity contribution >= 4 is 39.8 Å². The first-order valence-electron chi connectivity index (χ1n) is 7.16. The van der Waals surface area contributed by atoms with Crippen LogP contribution in [0.4, 0.5) is 0 Å². The second-order valence-electron chi connectivity index (χ2n) is 5.80. The van der Waals surface area contributed by atoms with Gasteiger partial charge in [-0.1, -0.05) is 23.7 Å². The molecular weight excluding hydrogens is 359 g/mol. The van der Waals surface area contributed by atoms with Gasteiger partial charge >= 0.3 is 0 Å². The third-order valence-corrected chi connectivity index (χ3v) is 6.44. The van der Waals surface area contributed by atoms with Crippen LogP contribution < -0.4 is 5.32 Å². The Bertz CT molecular complexity index is 641. The first-order chi connectivity index (χ1) is 10.3. The summed E-state index contributed by atoms with van der Waals surface area (Å²) in [6.07, 6.45) is 1.79. The molecule has 1 aliphatic heterocycles. The lowest BCUT2D eigenvalue weighted by Gasteiger charge is -2.37. The van der Waals surface area contributed by atoms with Gasteiger partial charge in [-0.15, -0.1) is 12.4 Å². The van der Waals surface area contributed by atoms with E-state index >= 15 is 0 Å². The number of hydrogen-bond acceptors (Lipinski definition) is 4. The summed E-state index contributed by atoms with van der Waals surface area (Å²) in [7, 11) is -1.84. The standard InChI is InChI=1S/C15H21ClN2O3S.ClH/c1-18(11-12-3-5-13(16)6-4-12)14(19)15(22(2,20)21)7-9-17-10-8-15;/h3-6,17H,7-11H2,1-2H3;1H. The molecule has 1 aromatic rings. The zero-order valence-electron chi connectivity index (χ0n) is 13.2. The highest BCUT2D eigenvalue weighted by atomic mass is 35.5. The molecule has 1 N–H and O–H groups in total. The predicted octanol–water partition coefficient (Wildman–Crippen LogP) is 1.89. The Hall–Kier alpha value is -0.820. The van der Waals surface area contributed by atoms with Crippen molar-refractivity contribution in [3.63, 3.8) is 0 Å². The van der Waals surface area contributed by atoms with Crippen LogP contribution in [-0.4, -0.2) is 50.4 Å². The molecule has 0 aromatic heterocycles. The number of carbonyl (C=O) groups excluding carboxylic acids is 1. The van der Waals surface area contributed by atoms with E-state index in [9.17, 15) is 13.2 Å². The molecule has 1 aliphatic rings. The molecule has 1 fully saturated rings. The largest absolute Gasteiger partial charge is 0.340 e. The number of amides is 1. The minimum Gasteiger partial charge on any atom is -0.340 e.